The summed E-state index contributed by atoms with van der Waals surface area (Å²) in [5, 5.41) is 10.5. The number of nitrogen functional groups attached to an aromatic ring is 1. The zero-order valence-electron chi connectivity index (χ0n) is 31.1. The first-order valence-electron chi connectivity index (χ1n) is 19.2. The van der Waals surface area contributed by atoms with Crippen molar-refractivity contribution in [2.45, 2.75) is 102 Å². The topological polar surface area (TPSA) is 176 Å². The number of anilines is 2. The molecule has 2 aromatic heterocycles. The summed E-state index contributed by atoms with van der Waals surface area (Å²) >= 11 is 0. The molecule has 1 amide bonds. The average Bonchev–Trinajstić information content (AvgIpc) is 3.39. The molecule has 5 heterocycles. The summed E-state index contributed by atoms with van der Waals surface area (Å²) in [6, 6.07) is 7.73. The second-order valence-electron chi connectivity index (χ2n) is 16.6. The molecule has 1 saturated carbocycles. The average molecular weight is 712 g/mol. The Labute approximate surface area is 307 Å². The fraction of sp³-hybridized carbons (Fsp3) is 0.575. The molecule has 4 aliphatic rings. The van der Waals surface area contributed by atoms with Crippen molar-refractivity contribution in [3.8, 4) is 5.75 Å². The lowest BCUT2D eigenvalue weighted by atomic mass is 9.60. The smallest absolute Gasteiger partial charge is 0.410 e. The summed E-state index contributed by atoms with van der Waals surface area (Å²) in [5.74, 6) is 1.90. The van der Waals surface area contributed by atoms with Crippen LogP contribution in [0.25, 0.3) is 11.8 Å². The first-order chi connectivity index (χ1) is 24.9. The zero-order valence-corrected chi connectivity index (χ0v) is 31.1. The van der Waals surface area contributed by atoms with E-state index < -0.39 is 5.60 Å². The summed E-state index contributed by atoms with van der Waals surface area (Å²) in [5.41, 5.74) is 24.2. The number of nitrogens with one attached hydrogen (secondary N) is 1. The largest absolute Gasteiger partial charge is 0.507 e. The number of carbonyl (C=O) groups is 1. The van der Waals surface area contributed by atoms with E-state index in [1.165, 1.54) is 18.4 Å². The van der Waals surface area contributed by atoms with Crippen LogP contribution in [0.3, 0.4) is 0 Å². The lowest BCUT2D eigenvalue weighted by molar-refractivity contribution is -0.110. The maximum Gasteiger partial charge on any atom is 0.410 e. The number of para-hydroxylation sites is 1. The number of ether oxygens (including phenoxy) is 1. The van der Waals surface area contributed by atoms with Gasteiger partial charge in [-0.05, 0) is 109 Å². The van der Waals surface area contributed by atoms with Gasteiger partial charge in [0.1, 0.15) is 17.2 Å². The number of aromatic hydroxyl groups is 1. The first kappa shape index (κ1) is 36.1. The third-order valence-electron chi connectivity index (χ3n) is 11.7. The minimum atomic E-state index is -0.452. The predicted octanol–water partition coefficient (Wildman–Crippen LogP) is 5.75. The molecule has 7 rings (SSSR count). The molecule has 0 radical (unpaired) electrons. The van der Waals surface area contributed by atoms with E-state index in [1.807, 2.05) is 56.3 Å². The Balaban J connectivity index is 0.995. The highest BCUT2D eigenvalue weighted by atomic mass is 16.6. The van der Waals surface area contributed by atoms with E-state index in [9.17, 15) is 9.90 Å². The van der Waals surface area contributed by atoms with Gasteiger partial charge in [0.2, 0.25) is 5.95 Å². The number of aromatic amines is 1. The Bertz CT molecular complexity index is 1740. The molecule has 280 valence electrons. The van der Waals surface area contributed by atoms with Gasteiger partial charge in [-0.15, -0.1) is 0 Å². The van der Waals surface area contributed by atoms with Crippen LogP contribution in [0.5, 0.6) is 5.75 Å². The maximum absolute atomic E-state index is 12.4. The molecule has 3 aliphatic heterocycles. The highest BCUT2D eigenvalue weighted by Crippen LogP contribution is 2.51. The van der Waals surface area contributed by atoms with Crippen LogP contribution in [-0.4, -0.2) is 86.9 Å². The molecule has 12 nitrogen and oxygen atoms in total. The van der Waals surface area contributed by atoms with E-state index in [-0.39, 0.29) is 17.9 Å². The van der Waals surface area contributed by atoms with Crippen LogP contribution in [0.1, 0.15) is 112 Å². The molecule has 52 heavy (non-hydrogen) atoms. The Kier molecular flexibility index (Phi) is 10.1. The number of likely N-dealkylation sites (tertiary alicyclic amines) is 2. The number of nitrogens with zero attached hydrogens (tertiary/aromatic N) is 5. The van der Waals surface area contributed by atoms with Crippen LogP contribution in [0.4, 0.5) is 16.6 Å². The highest BCUT2D eigenvalue weighted by molar-refractivity contribution is 5.86. The van der Waals surface area contributed by atoms with E-state index in [4.69, 9.17) is 31.9 Å². The Hall–Kier alpha value is -4.29. The zero-order chi connectivity index (χ0) is 36.6. The van der Waals surface area contributed by atoms with Gasteiger partial charge in [-0.2, -0.15) is 0 Å². The number of phenols is 1. The molecule has 1 unspecified atom stereocenters. The minimum absolute atomic E-state index is 0.0187. The maximum atomic E-state index is 12.4. The third kappa shape index (κ3) is 7.45. The summed E-state index contributed by atoms with van der Waals surface area (Å²) in [6.07, 6.45) is 15.1. The van der Waals surface area contributed by atoms with Gasteiger partial charge in [-0.3, -0.25) is 0 Å². The number of benzene rings is 1. The molecule has 0 bridgehead atoms. The number of rotatable bonds is 10. The fourth-order valence-electron chi connectivity index (χ4n) is 9.00. The molecule has 2 saturated heterocycles. The van der Waals surface area contributed by atoms with Crippen molar-refractivity contribution in [1.82, 2.24) is 24.8 Å². The van der Waals surface area contributed by atoms with Gasteiger partial charge in [0, 0.05) is 78.0 Å². The van der Waals surface area contributed by atoms with Crippen LogP contribution in [0, 0.1) is 5.41 Å². The second kappa shape index (κ2) is 14.6. The van der Waals surface area contributed by atoms with Crippen molar-refractivity contribution < 1.29 is 14.6 Å². The van der Waals surface area contributed by atoms with Crippen molar-refractivity contribution in [1.29, 1.82) is 0 Å². The Morgan fingerprint density at radius 1 is 1.08 bits per heavy atom. The normalized spacial score (nSPS) is 21.2. The molecule has 8 N–H and O–H groups in total. The third-order valence-corrected chi connectivity index (χ3v) is 11.7. The number of aromatic nitrogens is 3. The standard InChI is InChI=1S/C40H57N9O3/c1-39(2,3)52-38(51)48-24-40(25-48)20-28(21-40)47-16-12-26(13-17-47)27-22-44-37(45-23-27)49-18-14-32-35(33(49)10-5-4-8-15-41)30(36(43)46-32)19-31(42)29-9-6-7-11-34(29)50/h6-7,9,11,19,22-23,26,28,33,46,50H,4-5,8,10,12-18,20-21,24-25,41-43H2,1-3H3/b31-19-. The van der Waals surface area contributed by atoms with E-state index >= 15 is 0 Å². The van der Waals surface area contributed by atoms with Gasteiger partial charge >= 0.3 is 6.09 Å². The molecule has 3 fully saturated rings. The van der Waals surface area contributed by atoms with Crippen molar-refractivity contribution >= 4 is 29.6 Å². The van der Waals surface area contributed by atoms with Crippen LogP contribution < -0.4 is 22.1 Å². The van der Waals surface area contributed by atoms with E-state index in [0.717, 1.165) is 100 Å². The monoisotopic (exact) mass is 711 g/mol. The molecular formula is C40H57N9O3. The van der Waals surface area contributed by atoms with E-state index in [0.29, 0.717) is 41.0 Å². The lowest BCUT2D eigenvalue weighted by Crippen LogP contribution is -2.68. The van der Waals surface area contributed by atoms with Crippen LogP contribution in [-0.2, 0) is 11.2 Å². The first-order valence-corrected chi connectivity index (χ1v) is 19.2. The molecular weight excluding hydrogens is 654 g/mol. The van der Waals surface area contributed by atoms with Crippen molar-refractivity contribution in [3.63, 3.8) is 0 Å². The molecule has 12 heteroatoms. The van der Waals surface area contributed by atoms with Gasteiger partial charge < -0.3 is 46.7 Å². The summed E-state index contributed by atoms with van der Waals surface area (Å²) in [7, 11) is 0. The van der Waals surface area contributed by atoms with Crippen LogP contribution in [0.2, 0.25) is 0 Å². The number of H-pyrrole nitrogens is 1. The molecule has 3 aromatic rings. The number of fused-ring (bicyclic) bond motifs is 1. The van der Waals surface area contributed by atoms with Crippen LogP contribution in [0.15, 0.2) is 36.7 Å². The van der Waals surface area contributed by atoms with Gasteiger partial charge in [-0.25, -0.2) is 14.8 Å². The van der Waals surface area contributed by atoms with Crippen molar-refractivity contribution in [2.75, 3.05) is 49.9 Å². The number of unbranched alkanes of at least 4 members (excludes halogenated alkanes) is 2. The quantitative estimate of drug-likeness (QED) is 0.163. The highest BCUT2D eigenvalue weighted by Gasteiger charge is 2.55. The molecule has 1 aromatic carbocycles. The number of piperidine rings is 1. The summed E-state index contributed by atoms with van der Waals surface area (Å²) in [6.45, 7) is 11.0. The molecule has 1 spiro atoms. The number of nitrogens with two attached hydrogens (primary N) is 3. The van der Waals surface area contributed by atoms with E-state index in [1.54, 1.807) is 12.1 Å². The summed E-state index contributed by atoms with van der Waals surface area (Å²) < 4.78 is 5.56. The Morgan fingerprint density at radius 3 is 2.46 bits per heavy atom. The number of hydrogen-bond acceptors (Lipinski definition) is 10. The van der Waals surface area contributed by atoms with Gasteiger partial charge in [0.05, 0.1) is 6.04 Å². The predicted molar refractivity (Wildman–Crippen MR) is 206 cm³/mol. The number of hydrogen-bond donors (Lipinski definition) is 5. The number of phenolic OH excluding ortho intramolecular Hbond substituents is 1. The number of carbonyl (C=O) groups excluding carboxylic acids is 1. The van der Waals surface area contributed by atoms with Crippen LogP contribution >= 0.6 is 0 Å². The van der Waals surface area contributed by atoms with E-state index in [2.05, 4.69) is 14.8 Å². The second-order valence-corrected chi connectivity index (χ2v) is 16.6. The molecule has 1 atom stereocenters. The molecule has 1 aliphatic carbocycles. The SMILES string of the molecule is CC(C)(C)OC(=O)N1CC2(CC(N3CCC(c4cnc(N5CCc6[nH]c(N)c(/C=C(\N)c7ccccc7O)c6C5CCCCCN)nc4)CC3)C2)C1. The number of amides is 1. The van der Waals surface area contributed by atoms with Gasteiger partial charge in [-0.1, -0.05) is 25.0 Å². The van der Waals surface area contributed by atoms with Gasteiger partial charge in [0.25, 0.3) is 0 Å². The summed E-state index contributed by atoms with van der Waals surface area (Å²) in [4.78, 5) is 32.7. The fourth-order valence-corrected chi connectivity index (χ4v) is 9.00. The van der Waals surface area contributed by atoms with Crippen molar-refractivity contribution in [3.05, 3.63) is 64.6 Å². The lowest BCUT2D eigenvalue weighted by Gasteiger charge is -2.61. The van der Waals surface area contributed by atoms with Crippen molar-refractivity contribution in [2.24, 2.45) is 16.9 Å². The van der Waals surface area contributed by atoms with Gasteiger partial charge in [0.15, 0.2) is 0 Å². The Morgan fingerprint density at radius 2 is 1.79 bits per heavy atom. The minimum Gasteiger partial charge on any atom is -0.507 e.